The van der Waals surface area contributed by atoms with Gasteiger partial charge in [-0.3, -0.25) is 0 Å². The van der Waals surface area contributed by atoms with Gasteiger partial charge >= 0.3 is 0 Å². The van der Waals surface area contributed by atoms with E-state index >= 15 is 0 Å². The molecule has 0 bridgehead atoms. The number of fused-ring (bicyclic) bond motifs is 1. The van der Waals surface area contributed by atoms with Gasteiger partial charge in [0, 0.05) is 24.0 Å². The summed E-state index contributed by atoms with van der Waals surface area (Å²) < 4.78 is 7.07. The summed E-state index contributed by atoms with van der Waals surface area (Å²) in [5.41, 5.74) is 3.93. The molecule has 3 rings (SSSR count). The fourth-order valence-corrected chi connectivity index (χ4v) is 2.81. The van der Waals surface area contributed by atoms with Crippen LogP contribution >= 0.6 is 15.9 Å². The first-order valence-corrected chi connectivity index (χ1v) is 7.71. The smallest absolute Gasteiger partial charge is 0.123 e. The van der Waals surface area contributed by atoms with Crippen molar-refractivity contribution < 1.29 is 4.74 Å². The Bertz CT molecular complexity index is 594. The molecule has 0 saturated heterocycles. The minimum atomic E-state index is 0.252. The van der Waals surface area contributed by atoms with Gasteiger partial charge in [-0.1, -0.05) is 45.8 Å². The van der Waals surface area contributed by atoms with Crippen LogP contribution in [0.1, 0.15) is 16.7 Å². The van der Waals surface area contributed by atoms with Crippen LogP contribution in [-0.2, 0) is 13.0 Å². The molecule has 0 fully saturated rings. The summed E-state index contributed by atoms with van der Waals surface area (Å²) in [5.74, 6) is 1.05. The highest BCUT2D eigenvalue weighted by Crippen LogP contribution is 2.29. The van der Waals surface area contributed by atoms with Crippen molar-refractivity contribution in [1.82, 2.24) is 5.32 Å². The molecular weight excluding hydrogens is 314 g/mol. The quantitative estimate of drug-likeness (QED) is 0.918. The monoisotopic (exact) mass is 331 g/mol. The van der Waals surface area contributed by atoms with Crippen LogP contribution in [-0.4, -0.2) is 12.6 Å². The molecule has 2 aromatic carbocycles. The van der Waals surface area contributed by atoms with E-state index in [0.29, 0.717) is 0 Å². The first kappa shape index (κ1) is 13.7. The molecule has 1 aliphatic rings. The molecule has 0 aliphatic carbocycles. The number of benzene rings is 2. The molecule has 20 heavy (non-hydrogen) atoms. The molecule has 1 aliphatic heterocycles. The van der Waals surface area contributed by atoms with Gasteiger partial charge < -0.3 is 10.1 Å². The number of rotatable bonds is 4. The summed E-state index contributed by atoms with van der Waals surface area (Å²) in [6, 6.07) is 14.8. The Hall–Kier alpha value is -1.32. The number of hydrogen-bond acceptors (Lipinski definition) is 2. The molecule has 104 valence electrons. The number of nitrogens with one attached hydrogen (secondary N) is 1. The Kier molecular flexibility index (Phi) is 4.08. The number of ether oxygens (including phenoxy) is 1. The molecule has 1 heterocycles. The Morgan fingerprint density at radius 3 is 2.80 bits per heavy atom. The van der Waals surface area contributed by atoms with E-state index in [4.69, 9.17) is 4.74 Å². The topological polar surface area (TPSA) is 21.3 Å². The Balaban J connectivity index is 1.50. The van der Waals surface area contributed by atoms with E-state index in [2.05, 4.69) is 70.6 Å². The Morgan fingerprint density at radius 1 is 1.20 bits per heavy atom. The van der Waals surface area contributed by atoms with Gasteiger partial charge in [-0.05, 0) is 36.2 Å². The lowest BCUT2D eigenvalue weighted by Crippen LogP contribution is -2.29. The predicted octanol–water partition coefficient (Wildman–Crippen LogP) is 3.85. The lowest BCUT2D eigenvalue weighted by atomic mass is 10.1. The summed E-state index contributed by atoms with van der Waals surface area (Å²) in [4.78, 5) is 0. The summed E-state index contributed by atoms with van der Waals surface area (Å²) in [6.07, 6.45) is 1.26. The number of halogens is 1. The van der Waals surface area contributed by atoms with E-state index in [1.54, 1.807) is 0 Å². The zero-order chi connectivity index (χ0) is 13.9. The van der Waals surface area contributed by atoms with Crippen molar-refractivity contribution in [3.8, 4) is 5.75 Å². The highest BCUT2D eigenvalue weighted by Gasteiger charge is 2.22. The lowest BCUT2D eigenvalue weighted by molar-refractivity contribution is 0.227. The molecule has 0 radical (unpaired) electrons. The zero-order valence-electron chi connectivity index (χ0n) is 11.5. The molecule has 2 nitrogen and oxygen atoms in total. The van der Waals surface area contributed by atoms with Gasteiger partial charge in [0.2, 0.25) is 0 Å². The number of hydrogen-bond donors (Lipinski definition) is 1. The van der Waals surface area contributed by atoms with Crippen molar-refractivity contribution in [1.29, 1.82) is 0 Å². The fourth-order valence-electron chi connectivity index (χ4n) is 2.54. The molecular formula is C17H18BrNO. The van der Waals surface area contributed by atoms with E-state index in [-0.39, 0.29) is 6.10 Å². The molecule has 1 atom stereocenters. The van der Waals surface area contributed by atoms with Crippen LogP contribution in [0.4, 0.5) is 0 Å². The van der Waals surface area contributed by atoms with Crippen molar-refractivity contribution in [2.75, 3.05) is 6.54 Å². The standard InChI is InChI=1S/C17H18BrNO/c1-12-2-7-17-14(8-12)9-16(20-17)11-19-10-13-3-5-15(18)6-4-13/h2-8,16,19H,9-11H2,1H3. The minimum Gasteiger partial charge on any atom is -0.488 e. The van der Waals surface area contributed by atoms with Gasteiger partial charge in [0.1, 0.15) is 11.9 Å². The Morgan fingerprint density at radius 2 is 2.00 bits per heavy atom. The van der Waals surface area contributed by atoms with Gasteiger partial charge in [0.15, 0.2) is 0 Å². The molecule has 0 amide bonds. The number of aryl methyl sites for hydroxylation is 1. The second-order valence-electron chi connectivity index (χ2n) is 5.31. The van der Waals surface area contributed by atoms with Crippen molar-refractivity contribution in [2.45, 2.75) is 26.0 Å². The summed E-state index contributed by atoms with van der Waals surface area (Å²) in [7, 11) is 0. The highest BCUT2D eigenvalue weighted by atomic mass is 79.9. The Labute approximate surface area is 128 Å². The van der Waals surface area contributed by atoms with E-state index in [1.165, 1.54) is 16.7 Å². The summed E-state index contributed by atoms with van der Waals surface area (Å²) in [6.45, 7) is 3.88. The average molecular weight is 332 g/mol. The summed E-state index contributed by atoms with van der Waals surface area (Å²) in [5, 5.41) is 3.47. The van der Waals surface area contributed by atoms with Crippen molar-refractivity contribution in [2.24, 2.45) is 0 Å². The van der Waals surface area contributed by atoms with E-state index in [9.17, 15) is 0 Å². The van der Waals surface area contributed by atoms with Gasteiger partial charge in [-0.2, -0.15) is 0 Å². The molecule has 1 unspecified atom stereocenters. The van der Waals surface area contributed by atoms with Crippen LogP contribution in [0.15, 0.2) is 46.9 Å². The fraction of sp³-hybridized carbons (Fsp3) is 0.294. The molecule has 3 heteroatoms. The van der Waals surface area contributed by atoms with E-state index in [1.807, 2.05) is 0 Å². The molecule has 1 N–H and O–H groups in total. The minimum absolute atomic E-state index is 0.252. The molecule has 0 spiro atoms. The van der Waals surface area contributed by atoms with Crippen LogP contribution in [0.2, 0.25) is 0 Å². The first-order chi connectivity index (χ1) is 9.70. The van der Waals surface area contributed by atoms with Gasteiger partial charge in [-0.15, -0.1) is 0 Å². The van der Waals surface area contributed by atoms with Crippen molar-refractivity contribution in [3.05, 3.63) is 63.6 Å². The maximum Gasteiger partial charge on any atom is 0.123 e. The third-order valence-corrected chi connectivity index (χ3v) is 4.10. The van der Waals surface area contributed by atoms with Crippen molar-refractivity contribution >= 4 is 15.9 Å². The van der Waals surface area contributed by atoms with E-state index in [0.717, 1.165) is 29.7 Å². The van der Waals surface area contributed by atoms with Crippen molar-refractivity contribution in [3.63, 3.8) is 0 Å². The lowest BCUT2D eigenvalue weighted by Gasteiger charge is -2.12. The normalized spacial score (nSPS) is 16.8. The van der Waals surface area contributed by atoms with Gasteiger partial charge in [0.25, 0.3) is 0 Å². The average Bonchev–Trinajstić information content (AvgIpc) is 2.83. The maximum atomic E-state index is 5.95. The predicted molar refractivity (Wildman–Crippen MR) is 85.1 cm³/mol. The third-order valence-electron chi connectivity index (χ3n) is 3.57. The molecule has 0 saturated carbocycles. The van der Waals surface area contributed by atoms with Crippen LogP contribution in [0.3, 0.4) is 0 Å². The highest BCUT2D eigenvalue weighted by molar-refractivity contribution is 9.10. The zero-order valence-corrected chi connectivity index (χ0v) is 13.1. The van der Waals surface area contributed by atoms with E-state index < -0.39 is 0 Å². The second kappa shape index (κ2) is 5.98. The van der Waals surface area contributed by atoms with Crippen LogP contribution < -0.4 is 10.1 Å². The maximum absolute atomic E-state index is 5.95. The molecule has 2 aromatic rings. The third kappa shape index (κ3) is 3.22. The van der Waals surface area contributed by atoms with Crippen LogP contribution in [0.5, 0.6) is 5.75 Å². The summed E-state index contributed by atoms with van der Waals surface area (Å²) >= 11 is 3.45. The first-order valence-electron chi connectivity index (χ1n) is 6.92. The molecule has 0 aromatic heterocycles. The van der Waals surface area contributed by atoms with Crippen LogP contribution in [0.25, 0.3) is 0 Å². The second-order valence-corrected chi connectivity index (χ2v) is 6.23. The van der Waals surface area contributed by atoms with Gasteiger partial charge in [0.05, 0.1) is 0 Å². The largest absolute Gasteiger partial charge is 0.488 e. The van der Waals surface area contributed by atoms with Crippen LogP contribution in [0, 0.1) is 6.92 Å². The van der Waals surface area contributed by atoms with Gasteiger partial charge in [-0.25, -0.2) is 0 Å². The SMILES string of the molecule is Cc1ccc2c(c1)CC(CNCc1ccc(Br)cc1)O2.